The van der Waals surface area contributed by atoms with Gasteiger partial charge in [-0.05, 0) is 35.6 Å². The minimum absolute atomic E-state index is 0.576. The van der Waals surface area contributed by atoms with Gasteiger partial charge in [-0.1, -0.05) is 33.3 Å². The van der Waals surface area contributed by atoms with E-state index >= 15 is 0 Å². The first-order valence-corrected chi connectivity index (χ1v) is 5.35. The molecule has 0 saturated carbocycles. The Morgan fingerprint density at radius 3 is 2.50 bits per heavy atom. The molecule has 0 aliphatic carbocycles. The number of hydrogen-bond donors (Lipinski definition) is 0. The van der Waals surface area contributed by atoms with Crippen LogP contribution in [0.25, 0.3) is 0 Å². The van der Waals surface area contributed by atoms with Gasteiger partial charge in [-0.25, -0.2) is 0 Å². The van der Waals surface area contributed by atoms with Gasteiger partial charge in [0, 0.05) is 0 Å². The molecule has 0 N–H and O–H groups in total. The van der Waals surface area contributed by atoms with Crippen LogP contribution in [-0.4, -0.2) is 7.11 Å². The van der Waals surface area contributed by atoms with Crippen molar-refractivity contribution in [2.75, 3.05) is 7.11 Å². The van der Waals surface area contributed by atoms with Crippen LogP contribution < -0.4 is 4.74 Å². The van der Waals surface area contributed by atoms with Gasteiger partial charge in [0.15, 0.2) is 0 Å². The number of methoxy groups -OCH3 is 1. The molecule has 14 heavy (non-hydrogen) atoms. The zero-order chi connectivity index (χ0) is 10.6. The first-order valence-electron chi connectivity index (χ1n) is 5.35. The van der Waals surface area contributed by atoms with Gasteiger partial charge in [-0.15, -0.1) is 0 Å². The number of aryl methyl sites for hydroxylation is 1. The van der Waals surface area contributed by atoms with Crippen molar-refractivity contribution in [1.82, 2.24) is 0 Å². The molecule has 1 heteroatoms. The summed E-state index contributed by atoms with van der Waals surface area (Å²) in [5.74, 6) is 1.54. The average molecular weight is 192 g/mol. The van der Waals surface area contributed by atoms with Crippen molar-refractivity contribution in [3.05, 3.63) is 29.3 Å². The van der Waals surface area contributed by atoms with Crippen LogP contribution in [0.5, 0.6) is 5.75 Å². The van der Waals surface area contributed by atoms with Crippen molar-refractivity contribution in [3.8, 4) is 5.75 Å². The molecule has 0 unspecified atom stereocenters. The fourth-order valence-corrected chi connectivity index (χ4v) is 1.73. The van der Waals surface area contributed by atoms with Crippen LogP contribution >= 0.6 is 0 Å². The van der Waals surface area contributed by atoms with E-state index in [1.807, 2.05) is 0 Å². The fraction of sp³-hybridized carbons (Fsp3) is 0.538. The van der Waals surface area contributed by atoms with Gasteiger partial charge in [0.2, 0.25) is 0 Å². The van der Waals surface area contributed by atoms with Crippen molar-refractivity contribution < 1.29 is 4.74 Å². The number of benzene rings is 1. The van der Waals surface area contributed by atoms with E-state index in [-0.39, 0.29) is 0 Å². The first-order chi connectivity index (χ1) is 6.69. The lowest BCUT2D eigenvalue weighted by Gasteiger charge is -2.13. The molecule has 1 aromatic rings. The van der Waals surface area contributed by atoms with Gasteiger partial charge in [-0.3, -0.25) is 0 Å². The van der Waals surface area contributed by atoms with E-state index in [0.717, 1.165) is 12.2 Å². The normalized spacial score (nSPS) is 10.6. The van der Waals surface area contributed by atoms with E-state index in [2.05, 4.69) is 39.0 Å². The summed E-state index contributed by atoms with van der Waals surface area (Å²) in [6, 6.07) is 6.41. The molecule has 0 aromatic heterocycles. The van der Waals surface area contributed by atoms with E-state index < -0.39 is 0 Å². The quantitative estimate of drug-likeness (QED) is 0.705. The Labute approximate surface area is 87.1 Å². The lowest BCUT2D eigenvalue weighted by atomic mass is 9.94. The SMILES string of the molecule is CCCc1ccc(OC)cc1C(C)C. The molecule has 0 spiro atoms. The molecule has 0 amide bonds. The van der Waals surface area contributed by atoms with E-state index in [1.54, 1.807) is 7.11 Å². The second-order valence-electron chi connectivity index (χ2n) is 3.97. The summed E-state index contributed by atoms with van der Waals surface area (Å²) < 4.78 is 5.24. The van der Waals surface area contributed by atoms with Crippen LogP contribution in [0.4, 0.5) is 0 Å². The van der Waals surface area contributed by atoms with Crippen LogP contribution in [0.1, 0.15) is 44.2 Å². The largest absolute Gasteiger partial charge is 0.497 e. The lowest BCUT2D eigenvalue weighted by molar-refractivity contribution is 0.413. The molecule has 0 aliphatic rings. The van der Waals surface area contributed by atoms with Crippen molar-refractivity contribution in [1.29, 1.82) is 0 Å². The molecule has 0 radical (unpaired) electrons. The first kappa shape index (κ1) is 11.1. The maximum absolute atomic E-state index is 5.24. The topological polar surface area (TPSA) is 9.23 Å². The molecule has 0 bridgehead atoms. The molecular formula is C13H20O. The third-order valence-corrected chi connectivity index (χ3v) is 2.49. The highest BCUT2D eigenvalue weighted by atomic mass is 16.5. The van der Waals surface area contributed by atoms with Crippen molar-refractivity contribution >= 4 is 0 Å². The molecule has 0 fully saturated rings. The smallest absolute Gasteiger partial charge is 0.119 e. The predicted molar refractivity (Wildman–Crippen MR) is 61.1 cm³/mol. The van der Waals surface area contributed by atoms with Crippen LogP contribution in [-0.2, 0) is 6.42 Å². The third-order valence-electron chi connectivity index (χ3n) is 2.49. The fourth-order valence-electron chi connectivity index (χ4n) is 1.73. The highest BCUT2D eigenvalue weighted by Gasteiger charge is 2.07. The Balaban J connectivity index is 3.03. The van der Waals surface area contributed by atoms with Gasteiger partial charge < -0.3 is 4.74 Å². The Morgan fingerprint density at radius 2 is 2.00 bits per heavy atom. The Bertz CT molecular complexity index is 289. The van der Waals surface area contributed by atoms with Gasteiger partial charge in [-0.2, -0.15) is 0 Å². The summed E-state index contributed by atoms with van der Waals surface area (Å²) >= 11 is 0. The number of ether oxygens (including phenoxy) is 1. The van der Waals surface area contributed by atoms with Crippen molar-refractivity contribution in [3.63, 3.8) is 0 Å². The summed E-state index contributed by atoms with van der Waals surface area (Å²) in [6.07, 6.45) is 2.36. The average Bonchev–Trinajstić information content (AvgIpc) is 2.18. The molecule has 1 rings (SSSR count). The Morgan fingerprint density at radius 1 is 1.29 bits per heavy atom. The molecule has 1 nitrogen and oxygen atoms in total. The Hall–Kier alpha value is -0.980. The van der Waals surface area contributed by atoms with Gasteiger partial charge in [0.05, 0.1) is 7.11 Å². The van der Waals surface area contributed by atoms with Crippen LogP contribution in [0.2, 0.25) is 0 Å². The summed E-state index contributed by atoms with van der Waals surface area (Å²) in [6.45, 7) is 6.68. The summed E-state index contributed by atoms with van der Waals surface area (Å²) in [5.41, 5.74) is 2.88. The second-order valence-corrected chi connectivity index (χ2v) is 3.97. The van der Waals surface area contributed by atoms with Gasteiger partial charge in [0.1, 0.15) is 5.75 Å². The minimum atomic E-state index is 0.576. The molecule has 0 heterocycles. The lowest BCUT2D eigenvalue weighted by Crippen LogP contribution is -1.97. The van der Waals surface area contributed by atoms with Gasteiger partial charge >= 0.3 is 0 Å². The van der Waals surface area contributed by atoms with Crippen LogP contribution in [0.3, 0.4) is 0 Å². The molecule has 1 aromatic carbocycles. The summed E-state index contributed by atoms with van der Waals surface area (Å²) in [5, 5.41) is 0. The van der Waals surface area contributed by atoms with E-state index in [4.69, 9.17) is 4.74 Å². The maximum Gasteiger partial charge on any atom is 0.119 e. The highest BCUT2D eigenvalue weighted by Crippen LogP contribution is 2.25. The van der Waals surface area contributed by atoms with Crippen LogP contribution in [0, 0.1) is 0 Å². The second kappa shape index (κ2) is 5.04. The monoisotopic (exact) mass is 192 g/mol. The van der Waals surface area contributed by atoms with Crippen LogP contribution in [0.15, 0.2) is 18.2 Å². The number of rotatable bonds is 4. The Kier molecular flexibility index (Phi) is 3.99. The zero-order valence-electron chi connectivity index (χ0n) is 9.63. The zero-order valence-corrected chi connectivity index (χ0v) is 9.63. The van der Waals surface area contributed by atoms with E-state index in [9.17, 15) is 0 Å². The number of hydrogen-bond acceptors (Lipinski definition) is 1. The summed E-state index contributed by atoms with van der Waals surface area (Å²) in [4.78, 5) is 0. The maximum atomic E-state index is 5.24. The minimum Gasteiger partial charge on any atom is -0.497 e. The molecule has 0 saturated heterocycles. The predicted octanol–water partition coefficient (Wildman–Crippen LogP) is 3.77. The molecule has 0 atom stereocenters. The molecular weight excluding hydrogens is 172 g/mol. The van der Waals surface area contributed by atoms with E-state index in [1.165, 1.54) is 17.5 Å². The standard InChI is InChI=1S/C13H20O/c1-5-6-11-7-8-12(14-4)9-13(11)10(2)3/h7-10H,5-6H2,1-4H3. The van der Waals surface area contributed by atoms with E-state index in [0.29, 0.717) is 5.92 Å². The molecule has 78 valence electrons. The van der Waals surface area contributed by atoms with Crippen molar-refractivity contribution in [2.24, 2.45) is 0 Å². The van der Waals surface area contributed by atoms with Gasteiger partial charge in [0.25, 0.3) is 0 Å². The molecule has 0 aliphatic heterocycles. The third kappa shape index (κ3) is 2.50. The highest BCUT2D eigenvalue weighted by molar-refractivity contribution is 5.37. The summed E-state index contributed by atoms with van der Waals surface area (Å²) in [7, 11) is 1.72. The van der Waals surface area contributed by atoms with Crippen molar-refractivity contribution in [2.45, 2.75) is 39.5 Å².